The summed E-state index contributed by atoms with van der Waals surface area (Å²) in [5, 5.41) is 1.89. The zero-order valence-corrected chi connectivity index (χ0v) is 12.4. The monoisotopic (exact) mass is 313 g/mol. The highest BCUT2D eigenvalue weighted by molar-refractivity contribution is 7.12. The van der Waals surface area contributed by atoms with Crippen molar-refractivity contribution in [2.75, 3.05) is 7.11 Å². The molecule has 1 aromatic heterocycles. The highest BCUT2D eigenvalue weighted by atomic mass is 32.1. The van der Waals surface area contributed by atoms with Gasteiger partial charge in [0.25, 0.3) is 0 Å². The van der Waals surface area contributed by atoms with E-state index in [1.54, 1.807) is 30.3 Å². The normalized spacial score (nSPS) is 15.6. The van der Waals surface area contributed by atoms with Crippen LogP contribution in [0.2, 0.25) is 0 Å². The second-order valence-corrected chi connectivity index (χ2v) is 5.37. The van der Waals surface area contributed by atoms with Gasteiger partial charge in [-0.05, 0) is 35.2 Å². The molecule has 0 spiro atoms. The van der Waals surface area contributed by atoms with E-state index < -0.39 is 11.9 Å². The summed E-state index contributed by atoms with van der Waals surface area (Å²) in [6, 6.07) is 10.4. The number of rotatable bonds is 3. The van der Waals surface area contributed by atoms with Crippen LogP contribution in [-0.4, -0.2) is 24.9 Å². The molecule has 1 aliphatic heterocycles. The predicted molar refractivity (Wildman–Crippen MR) is 82.7 cm³/mol. The van der Waals surface area contributed by atoms with E-state index in [2.05, 4.69) is 9.73 Å². The second-order valence-electron chi connectivity index (χ2n) is 4.43. The molecule has 5 nitrogen and oxygen atoms in total. The van der Waals surface area contributed by atoms with Crippen molar-refractivity contribution in [2.24, 2.45) is 4.99 Å². The minimum atomic E-state index is -0.486. The molecule has 0 amide bonds. The van der Waals surface area contributed by atoms with Gasteiger partial charge in [0.2, 0.25) is 5.90 Å². The Morgan fingerprint density at radius 2 is 2.05 bits per heavy atom. The summed E-state index contributed by atoms with van der Waals surface area (Å²) in [5.41, 5.74) is 1.42. The molecule has 0 atom stereocenters. The topological polar surface area (TPSA) is 65.0 Å². The number of ether oxygens (including phenoxy) is 2. The van der Waals surface area contributed by atoms with Crippen molar-refractivity contribution in [3.8, 4) is 0 Å². The van der Waals surface area contributed by atoms with Gasteiger partial charge < -0.3 is 9.47 Å². The summed E-state index contributed by atoms with van der Waals surface area (Å²) < 4.78 is 9.78. The van der Waals surface area contributed by atoms with Crippen molar-refractivity contribution in [3.05, 3.63) is 63.5 Å². The summed E-state index contributed by atoms with van der Waals surface area (Å²) in [6.45, 7) is 0. The molecule has 0 saturated heterocycles. The van der Waals surface area contributed by atoms with E-state index in [9.17, 15) is 9.59 Å². The van der Waals surface area contributed by atoms with Crippen molar-refractivity contribution in [2.45, 2.75) is 0 Å². The van der Waals surface area contributed by atoms with Crippen molar-refractivity contribution < 1.29 is 19.1 Å². The van der Waals surface area contributed by atoms with E-state index in [0.717, 1.165) is 10.4 Å². The molecule has 3 rings (SSSR count). The first-order chi connectivity index (χ1) is 10.7. The van der Waals surface area contributed by atoms with Crippen LogP contribution < -0.4 is 0 Å². The van der Waals surface area contributed by atoms with Crippen molar-refractivity contribution >= 4 is 35.2 Å². The number of benzene rings is 1. The molecule has 2 heterocycles. The number of aliphatic imine (C=N–C) groups is 1. The number of hydrogen-bond acceptors (Lipinski definition) is 6. The molecule has 6 heteroatoms. The number of methoxy groups -OCH3 is 1. The largest absolute Gasteiger partial charge is 0.465 e. The Kier molecular flexibility index (Phi) is 3.84. The highest BCUT2D eigenvalue weighted by Crippen LogP contribution is 2.21. The molecule has 0 bridgehead atoms. The van der Waals surface area contributed by atoms with Gasteiger partial charge in [-0.3, -0.25) is 0 Å². The first-order valence-corrected chi connectivity index (χ1v) is 7.30. The number of carbonyl (C=O) groups is 2. The van der Waals surface area contributed by atoms with E-state index >= 15 is 0 Å². The molecule has 1 aromatic carbocycles. The maximum absolute atomic E-state index is 11.8. The molecule has 2 aromatic rings. The average molecular weight is 313 g/mol. The maximum atomic E-state index is 11.8. The fraction of sp³-hybridized carbons (Fsp3) is 0.0625. The van der Waals surface area contributed by atoms with Crippen molar-refractivity contribution in [1.29, 1.82) is 0 Å². The second kappa shape index (κ2) is 5.95. The van der Waals surface area contributed by atoms with Gasteiger partial charge in [0, 0.05) is 0 Å². The lowest BCUT2D eigenvalue weighted by molar-refractivity contribution is -0.129. The van der Waals surface area contributed by atoms with Gasteiger partial charge in [-0.1, -0.05) is 18.2 Å². The fourth-order valence-corrected chi connectivity index (χ4v) is 2.55. The number of carbonyl (C=O) groups excluding carboxylic acids is 2. The Bertz CT molecular complexity index is 773. The number of esters is 2. The molecule has 22 heavy (non-hydrogen) atoms. The molecule has 110 valence electrons. The molecule has 0 fully saturated rings. The molecule has 1 aliphatic rings. The molecule has 0 N–H and O–H groups in total. The molecular weight excluding hydrogens is 302 g/mol. The van der Waals surface area contributed by atoms with Gasteiger partial charge in [0.1, 0.15) is 0 Å². The summed E-state index contributed by atoms with van der Waals surface area (Å²) in [6.07, 6.45) is 1.62. The lowest BCUT2D eigenvalue weighted by atomic mass is 10.1. The lowest BCUT2D eigenvalue weighted by Gasteiger charge is -1.99. The Balaban J connectivity index is 1.85. The number of hydrogen-bond donors (Lipinski definition) is 0. The predicted octanol–water partition coefficient (Wildman–Crippen LogP) is 2.88. The van der Waals surface area contributed by atoms with Gasteiger partial charge in [0.15, 0.2) is 5.70 Å². The van der Waals surface area contributed by atoms with Crippen LogP contribution in [-0.2, 0) is 14.3 Å². The van der Waals surface area contributed by atoms with Gasteiger partial charge >= 0.3 is 11.9 Å². The van der Waals surface area contributed by atoms with E-state index in [1.165, 1.54) is 18.4 Å². The van der Waals surface area contributed by atoms with E-state index in [1.807, 2.05) is 17.5 Å². The molecular formula is C16H11NO4S. The number of nitrogens with zero attached hydrogens (tertiary/aromatic N) is 1. The fourth-order valence-electron chi connectivity index (χ4n) is 1.91. The van der Waals surface area contributed by atoms with Crippen molar-refractivity contribution in [1.82, 2.24) is 0 Å². The molecule has 0 unspecified atom stereocenters. The third-order valence-corrected chi connectivity index (χ3v) is 3.85. The van der Waals surface area contributed by atoms with Crippen molar-refractivity contribution in [3.63, 3.8) is 0 Å². The molecule has 0 radical (unpaired) electrons. The Hall–Kier alpha value is -2.73. The van der Waals surface area contributed by atoms with E-state index in [-0.39, 0.29) is 5.70 Å². The maximum Gasteiger partial charge on any atom is 0.363 e. The Morgan fingerprint density at radius 1 is 1.27 bits per heavy atom. The minimum absolute atomic E-state index is 0.231. The van der Waals surface area contributed by atoms with Crippen LogP contribution in [0.25, 0.3) is 6.08 Å². The lowest BCUT2D eigenvalue weighted by Crippen LogP contribution is -2.03. The SMILES string of the molecule is COC(=O)c1ccc(/C=C2/N=C(c3cccs3)OC2=O)cc1. The quantitative estimate of drug-likeness (QED) is 0.645. The zero-order chi connectivity index (χ0) is 15.5. The highest BCUT2D eigenvalue weighted by Gasteiger charge is 2.24. The standard InChI is InChI=1S/C16H11NO4S/c1-20-15(18)11-6-4-10(5-7-11)9-12-16(19)21-14(17-12)13-3-2-8-22-13/h2-9H,1H3/b12-9+. The van der Waals surface area contributed by atoms with Crippen LogP contribution >= 0.6 is 11.3 Å². The molecule has 0 aliphatic carbocycles. The average Bonchev–Trinajstić information content (AvgIpc) is 3.18. The summed E-state index contributed by atoms with van der Waals surface area (Å²) in [5.74, 6) is -0.574. The third-order valence-electron chi connectivity index (χ3n) is 2.99. The first-order valence-electron chi connectivity index (χ1n) is 6.42. The van der Waals surface area contributed by atoms with Crippen LogP contribution in [0.1, 0.15) is 20.8 Å². The minimum Gasteiger partial charge on any atom is -0.465 e. The van der Waals surface area contributed by atoms with E-state index in [4.69, 9.17) is 4.74 Å². The van der Waals surface area contributed by atoms with E-state index in [0.29, 0.717) is 11.5 Å². The number of thiophene rings is 1. The Labute approximate surface area is 130 Å². The Morgan fingerprint density at radius 3 is 2.68 bits per heavy atom. The summed E-state index contributed by atoms with van der Waals surface area (Å²) >= 11 is 1.45. The number of cyclic esters (lactones) is 1. The zero-order valence-electron chi connectivity index (χ0n) is 11.6. The smallest absolute Gasteiger partial charge is 0.363 e. The summed E-state index contributed by atoms with van der Waals surface area (Å²) in [7, 11) is 1.33. The van der Waals surface area contributed by atoms with Crippen LogP contribution in [0, 0.1) is 0 Å². The third kappa shape index (κ3) is 2.82. The van der Waals surface area contributed by atoms with Crippen LogP contribution in [0.5, 0.6) is 0 Å². The summed E-state index contributed by atoms with van der Waals surface area (Å²) in [4.78, 5) is 28.2. The van der Waals surface area contributed by atoms with Gasteiger partial charge in [0.05, 0.1) is 17.6 Å². The van der Waals surface area contributed by atoms with Crippen LogP contribution in [0.15, 0.2) is 52.5 Å². The van der Waals surface area contributed by atoms with Gasteiger partial charge in [-0.2, -0.15) is 0 Å². The van der Waals surface area contributed by atoms with Gasteiger partial charge in [-0.25, -0.2) is 14.6 Å². The van der Waals surface area contributed by atoms with Gasteiger partial charge in [-0.15, -0.1) is 11.3 Å². The first kappa shape index (κ1) is 14.2. The van der Waals surface area contributed by atoms with Crippen LogP contribution in [0.3, 0.4) is 0 Å². The molecule has 0 saturated carbocycles. The van der Waals surface area contributed by atoms with Crippen LogP contribution in [0.4, 0.5) is 0 Å².